The first-order valence-corrected chi connectivity index (χ1v) is 11.5. The molecular formula is C22H28BrN5O2. The predicted molar refractivity (Wildman–Crippen MR) is 119 cm³/mol. The van der Waals surface area contributed by atoms with Crippen LogP contribution in [0.15, 0.2) is 34.8 Å². The van der Waals surface area contributed by atoms with Gasteiger partial charge in [0.05, 0.1) is 12.2 Å². The number of nitrogens with zero attached hydrogens (tertiary/aromatic N) is 4. The average molecular weight is 474 g/mol. The van der Waals surface area contributed by atoms with Crippen molar-refractivity contribution in [1.82, 2.24) is 24.9 Å². The molecule has 2 amide bonds. The minimum Gasteiger partial charge on any atom is -0.342 e. The molecule has 160 valence electrons. The number of aromatic amines is 1. The molecular weight excluding hydrogens is 446 g/mol. The Morgan fingerprint density at radius 3 is 2.23 bits per heavy atom. The van der Waals surface area contributed by atoms with Crippen molar-refractivity contribution < 1.29 is 9.59 Å². The zero-order valence-electron chi connectivity index (χ0n) is 17.1. The van der Waals surface area contributed by atoms with Crippen LogP contribution in [0, 0.1) is 0 Å². The summed E-state index contributed by atoms with van der Waals surface area (Å²) in [5, 5.41) is 7.18. The van der Waals surface area contributed by atoms with Crippen molar-refractivity contribution in [1.29, 1.82) is 0 Å². The second-order valence-corrected chi connectivity index (χ2v) is 8.95. The van der Waals surface area contributed by atoms with Gasteiger partial charge >= 0.3 is 0 Å². The molecule has 2 saturated heterocycles. The van der Waals surface area contributed by atoms with Gasteiger partial charge in [-0.25, -0.2) is 0 Å². The summed E-state index contributed by atoms with van der Waals surface area (Å²) in [5.41, 5.74) is 2.22. The number of carbonyl (C=O) groups is 2. The van der Waals surface area contributed by atoms with Crippen LogP contribution < -0.4 is 0 Å². The Morgan fingerprint density at radius 1 is 0.900 bits per heavy atom. The molecule has 0 bridgehead atoms. The van der Waals surface area contributed by atoms with Crippen LogP contribution >= 0.6 is 15.9 Å². The van der Waals surface area contributed by atoms with Crippen LogP contribution in [0.4, 0.5) is 0 Å². The number of amides is 2. The van der Waals surface area contributed by atoms with Crippen molar-refractivity contribution >= 4 is 27.7 Å². The van der Waals surface area contributed by atoms with Crippen molar-refractivity contribution in [2.45, 2.75) is 25.7 Å². The number of likely N-dealkylation sites (tertiary alicyclic amines) is 1. The second kappa shape index (κ2) is 9.75. The van der Waals surface area contributed by atoms with E-state index >= 15 is 0 Å². The summed E-state index contributed by atoms with van der Waals surface area (Å²) >= 11 is 3.43. The fourth-order valence-electron chi connectivity index (χ4n) is 4.09. The smallest absolute Gasteiger partial charge is 0.271 e. The molecule has 1 aromatic carbocycles. The SMILES string of the molecule is O=C(CN1CCN(C(=O)c2cc(-c3ccc(Br)cc3)n[nH]2)CC1)N1CCCCCC1. The number of rotatable bonds is 4. The van der Waals surface area contributed by atoms with Gasteiger partial charge in [0, 0.05) is 49.3 Å². The second-order valence-electron chi connectivity index (χ2n) is 8.04. The number of aromatic nitrogens is 2. The fraction of sp³-hybridized carbons (Fsp3) is 0.500. The molecule has 0 atom stereocenters. The molecule has 1 aromatic heterocycles. The predicted octanol–water partition coefficient (Wildman–Crippen LogP) is 3.00. The van der Waals surface area contributed by atoms with E-state index in [4.69, 9.17) is 0 Å². The van der Waals surface area contributed by atoms with Crippen LogP contribution in [0.5, 0.6) is 0 Å². The third-order valence-electron chi connectivity index (χ3n) is 5.93. The number of H-pyrrole nitrogens is 1. The van der Waals surface area contributed by atoms with Crippen molar-refractivity contribution in [3.63, 3.8) is 0 Å². The van der Waals surface area contributed by atoms with E-state index in [9.17, 15) is 9.59 Å². The lowest BCUT2D eigenvalue weighted by atomic mass is 10.1. The van der Waals surface area contributed by atoms with E-state index < -0.39 is 0 Å². The summed E-state index contributed by atoms with van der Waals surface area (Å²) in [7, 11) is 0. The van der Waals surface area contributed by atoms with E-state index in [2.05, 4.69) is 31.0 Å². The number of benzene rings is 1. The normalized spacial score (nSPS) is 18.3. The molecule has 0 aliphatic carbocycles. The van der Waals surface area contributed by atoms with Gasteiger partial charge < -0.3 is 9.80 Å². The molecule has 2 aliphatic heterocycles. The third kappa shape index (κ3) is 5.10. The minimum atomic E-state index is -0.0376. The molecule has 1 N–H and O–H groups in total. The number of piperazine rings is 1. The maximum Gasteiger partial charge on any atom is 0.271 e. The van der Waals surface area contributed by atoms with Crippen LogP contribution in [-0.2, 0) is 4.79 Å². The maximum absolute atomic E-state index is 12.9. The van der Waals surface area contributed by atoms with Crippen LogP contribution in [0.3, 0.4) is 0 Å². The van der Waals surface area contributed by atoms with Gasteiger partial charge in [0.25, 0.3) is 5.91 Å². The van der Waals surface area contributed by atoms with Gasteiger partial charge in [-0.1, -0.05) is 40.9 Å². The van der Waals surface area contributed by atoms with Crippen molar-refractivity contribution in [2.75, 3.05) is 45.8 Å². The highest BCUT2D eigenvalue weighted by Gasteiger charge is 2.26. The first kappa shape index (κ1) is 21.1. The number of nitrogens with one attached hydrogen (secondary N) is 1. The lowest BCUT2D eigenvalue weighted by Gasteiger charge is -2.35. The molecule has 30 heavy (non-hydrogen) atoms. The Hall–Kier alpha value is -2.19. The zero-order valence-corrected chi connectivity index (χ0v) is 18.7. The highest BCUT2D eigenvalue weighted by molar-refractivity contribution is 9.10. The monoisotopic (exact) mass is 473 g/mol. The van der Waals surface area contributed by atoms with Crippen LogP contribution in [0.2, 0.25) is 0 Å². The molecule has 0 radical (unpaired) electrons. The Labute approximate surface area is 185 Å². The van der Waals surface area contributed by atoms with Gasteiger partial charge in [-0.05, 0) is 31.0 Å². The zero-order chi connectivity index (χ0) is 20.9. The molecule has 0 saturated carbocycles. The maximum atomic E-state index is 12.9. The lowest BCUT2D eigenvalue weighted by Crippen LogP contribution is -2.51. The van der Waals surface area contributed by atoms with Crippen LogP contribution in [0.25, 0.3) is 11.3 Å². The number of halogens is 1. The molecule has 7 nitrogen and oxygen atoms in total. The summed E-state index contributed by atoms with van der Waals surface area (Å²) in [4.78, 5) is 31.5. The summed E-state index contributed by atoms with van der Waals surface area (Å²) in [5.74, 6) is 0.189. The van der Waals surface area contributed by atoms with E-state index in [0.717, 1.165) is 54.8 Å². The van der Waals surface area contributed by atoms with Crippen molar-refractivity contribution in [3.8, 4) is 11.3 Å². The van der Waals surface area contributed by atoms with E-state index in [1.807, 2.05) is 34.1 Å². The quantitative estimate of drug-likeness (QED) is 0.740. The van der Waals surface area contributed by atoms with E-state index in [1.165, 1.54) is 12.8 Å². The van der Waals surface area contributed by atoms with Crippen LogP contribution in [0.1, 0.15) is 36.2 Å². The van der Waals surface area contributed by atoms with Gasteiger partial charge in [-0.15, -0.1) is 0 Å². The van der Waals surface area contributed by atoms with Crippen molar-refractivity contribution in [2.24, 2.45) is 0 Å². The Kier molecular flexibility index (Phi) is 6.84. The Morgan fingerprint density at radius 2 is 1.57 bits per heavy atom. The summed E-state index contributed by atoms with van der Waals surface area (Å²) < 4.78 is 1.00. The first-order chi connectivity index (χ1) is 14.6. The third-order valence-corrected chi connectivity index (χ3v) is 6.45. The van der Waals surface area contributed by atoms with E-state index in [1.54, 1.807) is 6.07 Å². The van der Waals surface area contributed by atoms with Crippen molar-refractivity contribution in [3.05, 3.63) is 40.5 Å². The van der Waals surface area contributed by atoms with Gasteiger partial charge in [0.2, 0.25) is 5.91 Å². The van der Waals surface area contributed by atoms with Gasteiger partial charge in [0.1, 0.15) is 5.69 Å². The number of carbonyl (C=O) groups excluding carboxylic acids is 2. The Bertz CT molecular complexity index is 866. The van der Waals surface area contributed by atoms with Crippen LogP contribution in [-0.4, -0.2) is 82.5 Å². The van der Waals surface area contributed by atoms with E-state index in [0.29, 0.717) is 25.3 Å². The molecule has 2 fully saturated rings. The van der Waals surface area contributed by atoms with Gasteiger partial charge in [-0.2, -0.15) is 5.10 Å². The van der Waals surface area contributed by atoms with Gasteiger partial charge in [0.15, 0.2) is 0 Å². The highest BCUT2D eigenvalue weighted by Crippen LogP contribution is 2.21. The molecule has 0 unspecified atom stereocenters. The summed E-state index contributed by atoms with van der Waals surface area (Å²) in [6.45, 7) is 4.92. The fourth-order valence-corrected chi connectivity index (χ4v) is 4.35. The topological polar surface area (TPSA) is 72.5 Å². The first-order valence-electron chi connectivity index (χ1n) is 10.7. The lowest BCUT2D eigenvalue weighted by molar-refractivity contribution is -0.132. The summed E-state index contributed by atoms with van der Waals surface area (Å²) in [6.07, 6.45) is 4.67. The molecule has 8 heteroatoms. The van der Waals surface area contributed by atoms with Gasteiger partial charge in [-0.3, -0.25) is 19.6 Å². The molecule has 0 spiro atoms. The summed E-state index contributed by atoms with van der Waals surface area (Å²) in [6, 6.07) is 9.65. The molecule has 4 rings (SSSR count). The molecule has 3 heterocycles. The standard InChI is InChI=1S/C22H28BrN5O2/c23-18-7-5-17(6-8-18)19-15-20(25-24-19)22(30)28-13-11-26(12-14-28)16-21(29)27-9-3-1-2-4-10-27/h5-8,15H,1-4,9-14,16H2,(H,24,25). The molecule has 2 aromatic rings. The number of hydrogen-bond acceptors (Lipinski definition) is 4. The number of hydrogen-bond donors (Lipinski definition) is 1. The van der Waals surface area contributed by atoms with E-state index in [-0.39, 0.29) is 11.8 Å². The largest absolute Gasteiger partial charge is 0.342 e. The average Bonchev–Trinajstić information content (AvgIpc) is 3.09. The highest BCUT2D eigenvalue weighted by atomic mass is 79.9. The molecule has 2 aliphatic rings. The Balaban J connectivity index is 1.29. The minimum absolute atomic E-state index is 0.0376.